The third-order valence-corrected chi connectivity index (χ3v) is 4.11. The van der Waals surface area contributed by atoms with E-state index in [0.29, 0.717) is 13.0 Å². The van der Waals surface area contributed by atoms with E-state index in [1.807, 2.05) is 13.8 Å². The fraction of sp³-hybridized carbons (Fsp3) is 0.846. The number of rotatable bonds is 10. The molecule has 106 valence electrons. The standard InChI is InChI=1S/C13H24O4S/c1-4-17-11(14)8-6-5-7-9-18-12(10(2)3)13(15)16/h10,12H,4-9H2,1-3H3,(H,15,16). The summed E-state index contributed by atoms with van der Waals surface area (Å²) in [7, 11) is 0. The van der Waals surface area contributed by atoms with Crippen molar-refractivity contribution >= 4 is 23.7 Å². The lowest BCUT2D eigenvalue weighted by Gasteiger charge is -2.15. The van der Waals surface area contributed by atoms with Crippen LogP contribution in [-0.4, -0.2) is 34.7 Å². The van der Waals surface area contributed by atoms with Gasteiger partial charge in [0.05, 0.1) is 6.61 Å². The topological polar surface area (TPSA) is 63.6 Å². The predicted octanol–water partition coefficient (Wildman–Crippen LogP) is 2.95. The highest BCUT2D eigenvalue weighted by Crippen LogP contribution is 2.21. The number of hydrogen-bond donors (Lipinski definition) is 1. The molecule has 0 aromatic heterocycles. The number of aliphatic carboxylic acids is 1. The number of ether oxygens (including phenoxy) is 1. The molecule has 1 atom stereocenters. The second kappa shape index (κ2) is 10.2. The maximum Gasteiger partial charge on any atom is 0.316 e. The minimum Gasteiger partial charge on any atom is -0.480 e. The van der Waals surface area contributed by atoms with E-state index in [0.717, 1.165) is 25.0 Å². The summed E-state index contributed by atoms with van der Waals surface area (Å²) < 4.78 is 4.83. The number of carbonyl (C=O) groups is 2. The van der Waals surface area contributed by atoms with Crippen molar-refractivity contribution in [2.45, 2.75) is 51.7 Å². The molecule has 18 heavy (non-hydrogen) atoms. The smallest absolute Gasteiger partial charge is 0.316 e. The largest absolute Gasteiger partial charge is 0.480 e. The maximum absolute atomic E-state index is 11.1. The molecule has 0 spiro atoms. The minimum absolute atomic E-state index is 0.143. The van der Waals surface area contributed by atoms with E-state index in [2.05, 4.69) is 0 Å². The lowest BCUT2D eigenvalue weighted by Crippen LogP contribution is -2.22. The molecular formula is C13H24O4S. The fourth-order valence-electron chi connectivity index (χ4n) is 1.54. The number of carboxylic acids is 1. The monoisotopic (exact) mass is 276 g/mol. The highest BCUT2D eigenvalue weighted by atomic mass is 32.2. The van der Waals surface area contributed by atoms with Crippen molar-refractivity contribution in [3.63, 3.8) is 0 Å². The Morgan fingerprint density at radius 3 is 2.39 bits per heavy atom. The third kappa shape index (κ3) is 8.39. The van der Waals surface area contributed by atoms with Crippen LogP contribution in [0, 0.1) is 5.92 Å². The molecular weight excluding hydrogens is 252 g/mol. The molecule has 0 aliphatic carbocycles. The molecule has 0 aliphatic rings. The highest BCUT2D eigenvalue weighted by molar-refractivity contribution is 8.00. The summed E-state index contributed by atoms with van der Waals surface area (Å²) >= 11 is 1.49. The minimum atomic E-state index is -0.735. The Kier molecular flexibility index (Phi) is 9.83. The molecule has 4 nitrogen and oxygen atoms in total. The Hall–Kier alpha value is -0.710. The fourth-order valence-corrected chi connectivity index (χ4v) is 2.69. The van der Waals surface area contributed by atoms with Crippen molar-refractivity contribution in [2.24, 2.45) is 5.92 Å². The van der Waals surface area contributed by atoms with Gasteiger partial charge in [0.25, 0.3) is 0 Å². The Bertz CT molecular complexity index is 253. The zero-order valence-corrected chi connectivity index (χ0v) is 12.3. The summed E-state index contributed by atoms with van der Waals surface area (Å²) in [6, 6.07) is 0. The number of hydrogen-bond acceptors (Lipinski definition) is 4. The summed E-state index contributed by atoms with van der Waals surface area (Å²) in [5.41, 5.74) is 0. The predicted molar refractivity (Wildman–Crippen MR) is 73.8 cm³/mol. The first-order valence-electron chi connectivity index (χ1n) is 6.49. The van der Waals surface area contributed by atoms with Gasteiger partial charge in [0, 0.05) is 6.42 Å². The van der Waals surface area contributed by atoms with Crippen molar-refractivity contribution in [3.05, 3.63) is 0 Å². The van der Waals surface area contributed by atoms with E-state index < -0.39 is 5.97 Å². The number of thioether (sulfide) groups is 1. The van der Waals surface area contributed by atoms with Crippen LogP contribution < -0.4 is 0 Å². The van der Waals surface area contributed by atoms with Gasteiger partial charge >= 0.3 is 11.9 Å². The lowest BCUT2D eigenvalue weighted by atomic mass is 10.1. The molecule has 0 saturated carbocycles. The molecule has 0 aromatic rings. The molecule has 0 heterocycles. The van der Waals surface area contributed by atoms with Gasteiger partial charge in [-0.2, -0.15) is 0 Å². The summed E-state index contributed by atoms with van der Waals surface area (Å²) in [4.78, 5) is 22.0. The van der Waals surface area contributed by atoms with Crippen molar-refractivity contribution in [1.82, 2.24) is 0 Å². The van der Waals surface area contributed by atoms with Crippen LogP contribution in [0.5, 0.6) is 0 Å². The number of esters is 1. The second-order valence-corrected chi connectivity index (χ2v) is 5.74. The number of unbranched alkanes of at least 4 members (excludes halogenated alkanes) is 2. The molecule has 1 N–H and O–H groups in total. The molecule has 0 radical (unpaired) electrons. The molecule has 5 heteroatoms. The first-order valence-corrected chi connectivity index (χ1v) is 7.54. The Labute approximate surface area is 113 Å². The van der Waals surface area contributed by atoms with Crippen LogP contribution >= 0.6 is 11.8 Å². The summed E-state index contributed by atoms with van der Waals surface area (Å²) in [5, 5.41) is 8.67. The molecule has 0 aromatic carbocycles. The van der Waals surface area contributed by atoms with Crippen molar-refractivity contribution < 1.29 is 19.4 Å². The van der Waals surface area contributed by atoms with Gasteiger partial charge in [-0.05, 0) is 31.4 Å². The molecule has 0 rings (SSSR count). The molecule has 1 unspecified atom stereocenters. The van der Waals surface area contributed by atoms with Crippen LogP contribution in [0.1, 0.15) is 46.5 Å². The van der Waals surface area contributed by atoms with Crippen LogP contribution in [-0.2, 0) is 14.3 Å². The zero-order valence-electron chi connectivity index (χ0n) is 11.5. The molecule has 0 amide bonds. The van der Waals surface area contributed by atoms with Gasteiger partial charge in [-0.25, -0.2) is 0 Å². The highest BCUT2D eigenvalue weighted by Gasteiger charge is 2.21. The van der Waals surface area contributed by atoms with Crippen LogP contribution in [0.4, 0.5) is 0 Å². The Morgan fingerprint density at radius 1 is 1.22 bits per heavy atom. The van der Waals surface area contributed by atoms with Gasteiger partial charge in [0.1, 0.15) is 5.25 Å². The summed E-state index contributed by atoms with van der Waals surface area (Å²) in [6.45, 7) is 6.08. The SMILES string of the molecule is CCOC(=O)CCCCCSC(C(=O)O)C(C)C. The van der Waals surface area contributed by atoms with E-state index in [-0.39, 0.29) is 17.1 Å². The van der Waals surface area contributed by atoms with Gasteiger partial charge < -0.3 is 9.84 Å². The van der Waals surface area contributed by atoms with Crippen molar-refractivity contribution in [1.29, 1.82) is 0 Å². The third-order valence-electron chi connectivity index (χ3n) is 2.48. The van der Waals surface area contributed by atoms with Crippen LogP contribution in [0.25, 0.3) is 0 Å². The van der Waals surface area contributed by atoms with Crippen LogP contribution in [0.3, 0.4) is 0 Å². The average Bonchev–Trinajstić information content (AvgIpc) is 2.27. The van der Waals surface area contributed by atoms with E-state index in [4.69, 9.17) is 9.84 Å². The van der Waals surface area contributed by atoms with Gasteiger partial charge in [0.2, 0.25) is 0 Å². The summed E-state index contributed by atoms with van der Waals surface area (Å²) in [6.07, 6.45) is 3.17. The van der Waals surface area contributed by atoms with Crippen LogP contribution in [0.2, 0.25) is 0 Å². The number of carboxylic acid groups (broad SMARTS) is 1. The molecule has 0 fully saturated rings. The van der Waals surface area contributed by atoms with Gasteiger partial charge in [-0.1, -0.05) is 20.3 Å². The summed E-state index contributed by atoms with van der Waals surface area (Å²) in [5.74, 6) is 0.0992. The lowest BCUT2D eigenvalue weighted by molar-refractivity contribution is -0.143. The van der Waals surface area contributed by atoms with Crippen molar-refractivity contribution in [3.8, 4) is 0 Å². The van der Waals surface area contributed by atoms with Crippen LogP contribution in [0.15, 0.2) is 0 Å². The normalized spacial score (nSPS) is 12.4. The zero-order chi connectivity index (χ0) is 14.0. The second-order valence-electron chi connectivity index (χ2n) is 4.49. The quantitative estimate of drug-likeness (QED) is 0.491. The Morgan fingerprint density at radius 2 is 1.89 bits per heavy atom. The van der Waals surface area contributed by atoms with E-state index in [9.17, 15) is 9.59 Å². The Balaban J connectivity index is 3.55. The number of carbonyl (C=O) groups excluding carboxylic acids is 1. The van der Waals surface area contributed by atoms with Crippen molar-refractivity contribution in [2.75, 3.05) is 12.4 Å². The molecule has 0 aliphatic heterocycles. The first-order chi connectivity index (χ1) is 8.49. The van der Waals surface area contributed by atoms with E-state index >= 15 is 0 Å². The molecule has 0 bridgehead atoms. The maximum atomic E-state index is 11.1. The average molecular weight is 276 g/mol. The van der Waals surface area contributed by atoms with E-state index in [1.165, 1.54) is 11.8 Å². The van der Waals surface area contributed by atoms with E-state index in [1.54, 1.807) is 6.92 Å². The van der Waals surface area contributed by atoms with Gasteiger partial charge in [-0.15, -0.1) is 11.8 Å². The van der Waals surface area contributed by atoms with Gasteiger partial charge in [0.15, 0.2) is 0 Å². The first kappa shape index (κ1) is 17.3. The van der Waals surface area contributed by atoms with Gasteiger partial charge in [-0.3, -0.25) is 9.59 Å². The molecule has 0 saturated heterocycles.